The summed E-state index contributed by atoms with van der Waals surface area (Å²) in [6.07, 6.45) is 5.40. The van der Waals surface area contributed by atoms with Crippen molar-refractivity contribution in [3.63, 3.8) is 0 Å². The van der Waals surface area contributed by atoms with E-state index in [1.165, 1.54) is 6.26 Å². The van der Waals surface area contributed by atoms with Crippen molar-refractivity contribution in [1.82, 2.24) is 4.90 Å². The van der Waals surface area contributed by atoms with Crippen molar-refractivity contribution < 1.29 is 8.42 Å². The van der Waals surface area contributed by atoms with Gasteiger partial charge in [-0.15, -0.1) is 0 Å². The van der Waals surface area contributed by atoms with Gasteiger partial charge in [0.05, 0.1) is 5.75 Å². The van der Waals surface area contributed by atoms with Crippen molar-refractivity contribution in [2.75, 3.05) is 38.7 Å². The zero-order valence-electron chi connectivity index (χ0n) is 9.91. The van der Waals surface area contributed by atoms with Gasteiger partial charge in [0.1, 0.15) is 9.84 Å². The molecule has 0 saturated heterocycles. The first-order valence-electron chi connectivity index (χ1n) is 5.52. The van der Waals surface area contributed by atoms with E-state index in [-0.39, 0.29) is 0 Å². The van der Waals surface area contributed by atoms with Gasteiger partial charge in [-0.2, -0.15) is 0 Å². The molecule has 0 aromatic rings. The predicted octanol–water partition coefficient (Wildman–Crippen LogP) is 0.482. The van der Waals surface area contributed by atoms with E-state index in [9.17, 15) is 8.42 Å². The Labute approximate surface area is 93.7 Å². The molecule has 0 unspecified atom stereocenters. The third-order valence-corrected chi connectivity index (χ3v) is 3.33. The molecule has 0 aromatic carbocycles. The Hall–Kier alpha value is -0.130. The topological polar surface area (TPSA) is 63.4 Å². The minimum Gasteiger partial charge on any atom is -0.330 e. The van der Waals surface area contributed by atoms with E-state index in [0.717, 1.165) is 45.3 Å². The lowest BCUT2D eigenvalue weighted by atomic mass is 10.2. The first kappa shape index (κ1) is 14.9. The summed E-state index contributed by atoms with van der Waals surface area (Å²) in [6.45, 7) is 2.65. The molecule has 0 rings (SSSR count). The van der Waals surface area contributed by atoms with Gasteiger partial charge in [0, 0.05) is 6.26 Å². The molecule has 0 aromatic heterocycles. The second kappa shape index (κ2) is 8.07. The van der Waals surface area contributed by atoms with Crippen LogP contribution in [-0.2, 0) is 9.84 Å². The lowest BCUT2D eigenvalue weighted by Gasteiger charge is -2.15. The predicted molar refractivity (Wildman–Crippen MR) is 64.7 cm³/mol. The fourth-order valence-electron chi connectivity index (χ4n) is 1.41. The molecule has 5 heteroatoms. The van der Waals surface area contributed by atoms with Gasteiger partial charge in [0.25, 0.3) is 0 Å². The fraction of sp³-hybridized carbons (Fsp3) is 1.00. The molecule has 0 saturated carbocycles. The first-order chi connectivity index (χ1) is 6.95. The quantitative estimate of drug-likeness (QED) is 0.592. The van der Waals surface area contributed by atoms with Crippen LogP contribution in [0.1, 0.15) is 25.7 Å². The molecular formula is C10H24N2O2S. The molecule has 0 aliphatic heterocycles. The van der Waals surface area contributed by atoms with Crippen molar-refractivity contribution in [1.29, 1.82) is 0 Å². The Morgan fingerprint density at radius 1 is 1.07 bits per heavy atom. The van der Waals surface area contributed by atoms with Crippen molar-refractivity contribution in [2.24, 2.45) is 5.73 Å². The molecule has 2 N–H and O–H groups in total. The third-order valence-electron chi connectivity index (χ3n) is 2.30. The van der Waals surface area contributed by atoms with Gasteiger partial charge in [-0.25, -0.2) is 8.42 Å². The van der Waals surface area contributed by atoms with E-state index < -0.39 is 9.84 Å². The van der Waals surface area contributed by atoms with Crippen LogP contribution in [0.3, 0.4) is 0 Å². The Bertz CT molecular complexity index is 240. The molecule has 0 amide bonds. The van der Waals surface area contributed by atoms with Gasteiger partial charge < -0.3 is 10.6 Å². The van der Waals surface area contributed by atoms with Crippen LogP contribution in [0.2, 0.25) is 0 Å². The maximum Gasteiger partial charge on any atom is 0.147 e. The van der Waals surface area contributed by atoms with Crippen LogP contribution in [0.5, 0.6) is 0 Å². The zero-order valence-corrected chi connectivity index (χ0v) is 10.7. The van der Waals surface area contributed by atoms with Gasteiger partial charge in [0.15, 0.2) is 0 Å². The van der Waals surface area contributed by atoms with Gasteiger partial charge in [-0.1, -0.05) is 6.42 Å². The van der Waals surface area contributed by atoms with Crippen molar-refractivity contribution >= 4 is 9.84 Å². The highest BCUT2D eigenvalue weighted by molar-refractivity contribution is 7.90. The highest BCUT2D eigenvalue weighted by Gasteiger charge is 2.03. The minimum atomic E-state index is -2.79. The zero-order chi connectivity index (χ0) is 11.7. The molecule has 0 radical (unpaired) electrons. The molecule has 0 fully saturated rings. The van der Waals surface area contributed by atoms with Gasteiger partial charge in [-0.05, 0) is 45.9 Å². The number of nitrogens with two attached hydrogens (primary N) is 1. The summed E-state index contributed by atoms with van der Waals surface area (Å²) in [5.74, 6) is 0.292. The normalized spacial score (nSPS) is 12.3. The Kier molecular flexibility index (Phi) is 8.00. The SMILES string of the molecule is CN(CCCCCN)CCCS(C)(=O)=O. The largest absolute Gasteiger partial charge is 0.330 e. The van der Waals surface area contributed by atoms with Crippen LogP contribution in [0.15, 0.2) is 0 Å². The van der Waals surface area contributed by atoms with Crippen LogP contribution in [0.25, 0.3) is 0 Å². The molecule has 0 aliphatic carbocycles. The standard InChI is InChI=1S/C10H24N2O2S/c1-12(8-5-3-4-7-11)9-6-10-15(2,13)14/h3-11H2,1-2H3. The summed E-state index contributed by atoms with van der Waals surface area (Å²) >= 11 is 0. The molecule has 0 spiro atoms. The first-order valence-corrected chi connectivity index (χ1v) is 7.58. The van der Waals surface area contributed by atoms with Crippen molar-refractivity contribution in [3.05, 3.63) is 0 Å². The van der Waals surface area contributed by atoms with Crippen LogP contribution < -0.4 is 5.73 Å². The molecule has 15 heavy (non-hydrogen) atoms. The van der Waals surface area contributed by atoms with E-state index >= 15 is 0 Å². The number of nitrogens with zero attached hydrogens (tertiary/aromatic N) is 1. The average molecular weight is 236 g/mol. The third kappa shape index (κ3) is 11.8. The van der Waals surface area contributed by atoms with Gasteiger partial charge >= 0.3 is 0 Å². The Morgan fingerprint density at radius 3 is 2.20 bits per heavy atom. The minimum absolute atomic E-state index is 0.292. The second-order valence-electron chi connectivity index (χ2n) is 4.14. The van der Waals surface area contributed by atoms with Gasteiger partial charge in [-0.3, -0.25) is 0 Å². The summed E-state index contributed by atoms with van der Waals surface area (Å²) in [7, 11) is -0.760. The van der Waals surface area contributed by atoms with E-state index in [1.807, 2.05) is 7.05 Å². The Balaban J connectivity index is 3.37. The van der Waals surface area contributed by atoms with E-state index in [2.05, 4.69) is 4.90 Å². The fourth-order valence-corrected chi connectivity index (χ4v) is 2.06. The van der Waals surface area contributed by atoms with Crippen LogP contribution in [0.4, 0.5) is 0 Å². The summed E-state index contributed by atoms with van der Waals surface area (Å²) in [5, 5.41) is 0. The van der Waals surface area contributed by atoms with E-state index in [0.29, 0.717) is 5.75 Å². The van der Waals surface area contributed by atoms with E-state index in [1.54, 1.807) is 0 Å². The summed E-state index contributed by atoms with van der Waals surface area (Å²) in [4.78, 5) is 2.18. The summed E-state index contributed by atoms with van der Waals surface area (Å²) < 4.78 is 21.8. The summed E-state index contributed by atoms with van der Waals surface area (Å²) in [5.41, 5.74) is 5.39. The highest BCUT2D eigenvalue weighted by Crippen LogP contribution is 1.98. The maximum atomic E-state index is 10.9. The number of hydrogen-bond acceptors (Lipinski definition) is 4. The maximum absolute atomic E-state index is 10.9. The van der Waals surface area contributed by atoms with E-state index in [4.69, 9.17) is 5.73 Å². The second-order valence-corrected chi connectivity index (χ2v) is 6.40. The number of unbranched alkanes of at least 4 members (excludes halogenated alkanes) is 2. The monoisotopic (exact) mass is 236 g/mol. The number of rotatable bonds is 9. The molecule has 0 heterocycles. The Morgan fingerprint density at radius 2 is 1.67 bits per heavy atom. The average Bonchev–Trinajstić information content (AvgIpc) is 2.10. The molecule has 4 nitrogen and oxygen atoms in total. The molecular weight excluding hydrogens is 212 g/mol. The summed E-state index contributed by atoms with van der Waals surface area (Å²) in [6, 6.07) is 0. The van der Waals surface area contributed by atoms with Crippen LogP contribution >= 0.6 is 0 Å². The molecule has 92 valence electrons. The van der Waals surface area contributed by atoms with Crippen molar-refractivity contribution in [3.8, 4) is 0 Å². The van der Waals surface area contributed by atoms with Gasteiger partial charge in [0.2, 0.25) is 0 Å². The van der Waals surface area contributed by atoms with Crippen molar-refractivity contribution in [2.45, 2.75) is 25.7 Å². The smallest absolute Gasteiger partial charge is 0.147 e. The van der Waals surface area contributed by atoms with Crippen LogP contribution in [-0.4, -0.2) is 52.0 Å². The molecule has 0 bridgehead atoms. The lowest BCUT2D eigenvalue weighted by Crippen LogP contribution is -2.23. The number of sulfone groups is 1. The molecule has 0 aliphatic rings. The lowest BCUT2D eigenvalue weighted by molar-refractivity contribution is 0.326. The number of hydrogen-bond donors (Lipinski definition) is 1. The highest BCUT2D eigenvalue weighted by atomic mass is 32.2. The molecule has 0 atom stereocenters. The van der Waals surface area contributed by atoms with Crippen LogP contribution in [0, 0.1) is 0 Å².